The molecule has 1 heterocycles. The molecule has 0 amide bonds. The third kappa shape index (κ3) is 1.02. The molecule has 1 saturated carbocycles. The predicted molar refractivity (Wildman–Crippen MR) is 57.7 cm³/mol. The van der Waals surface area contributed by atoms with Gasteiger partial charge in [0.15, 0.2) is 0 Å². The maximum Gasteiger partial charge on any atom is 0.0516 e. The van der Waals surface area contributed by atoms with E-state index in [0.29, 0.717) is 0 Å². The van der Waals surface area contributed by atoms with Crippen LogP contribution in [-0.2, 0) is 0 Å². The fourth-order valence-electron chi connectivity index (χ4n) is 2.32. The molecule has 3 rings (SSSR count). The summed E-state index contributed by atoms with van der Waals surface area (Å²) in [6.07, 6.45) is 4.05. The highest BCUT2D eigenvalue weighted by Gasteiger charge is 2.26. The fraction of sp³-hybridized carbons (Fsp3) is 0.385. The van der Waals surface area contributed by atoms with Gasteiger partial charge in [-0.25, -0.2) is 0 Å². The van der Waals surface area contributed by atoms with Gasteiger partial charge in [-0.15, -0.1) is 0 Å². The first-order valence-corrected chi connectivity index (χ1v) is 5.38. The van der Waals surface area contributed by atoms with E-state index in [9.17, 15) is 0 Å². The second kappa shape index (κ2) is 2.88. The van der Waals surface area contributed by atoms with Crippen molar-refractivity contribution in [1.82, 2.24) is 5.32 Å². The number of fused-ring (bicyclic) bond motifs is 1. The van der Waals surface area contributed by atoms with Crippen LogP contribution in [0.1, 0.15) is 26.2 Å². The van der Waals surface area contributed by atoms with E-state index in [1.54, 1.807) is 0 Å². The second-order valence-electron chi connectivity index (χ2n) is 4.26. The molecule has 0 N–H and O–H groups in total. The van der Waals surface area contributed by atoms with Crippen LogP contribution in [0.5, 0.6) is 0 Å². The molecule has 1 aromatic rings. The minimum absolute atomic E-state index is 0.744. The lowest BCUT2D eigenvalue weighted by molar-refractivity contribution is 0.390. The summed E-state index contributed by atoms with van der Waals surface area (Å²) in [5.41, 5.74) is 2.55. The van der Waals surface area contributed by atoms with Crippen molar-refractivity contribution < 1.29 is 0 Å². The van der Waals surface area contributed by atoms with Crippen molar-refractivity contribution in [3.8, 4) is 0 Å². The van der Waals surface area contributed by atoms with Crippen molar-refractivity contribution in [2.24, 2.45) is 5.92 Å². The summed E-state index contributed by atoms with van der Waals surface area (Å²) in [6, 6.07) is 8.61. The molecule has 2 aliphatic rings. The average Bonchev–Trinajstić information content (AvgIpc) is 2.43. The zero-order valence-electron chi connectivity index (χ0n) is 8.46. The van der Waals surface area contributed by atoms with E-state index in [-0.39, 0.29) is 0 Å². The summed E-state index contributed by atoms with van der Waals surface area (Å²) in [5, 5.41) is 7.44. The van der Waals surface area contributed by atoms with E-state index in [0.717, 1.165) is 5.92 Å². The molecule has 1 radical (unpaired) electrons. The molecule has 1 nitrogen and oxygen atoms in total. The number of nitrogens with zero attached hydrogens (tertiary/aromatic N) is 1. The first kappa shape index (κ1) is 8.10. The van der Waals surface area contributed by atoms with Crippen molar-refractivity contribution in [3.05, 3.63) is 34.7 Å². The van der Waals surface area contributed by atoms with Crippen LogP contribution in [0.3, 0.4) is 0 Å². The first-order valence-electron chi connectivity index (χ1n) is 5.38. The highest BCUT2D eigenvalue weighted by molar-refractivity contribution is 5.64. The molecule has 1 heteroatoms. The molecule has 71 valence electrons. The van der Waals surface area contributed by atoms with Crippen LogP contribution < -0.4 is 15.8 Å². The van der Waals surface area contributed by atoms with Gasteiger partial charge in [0.05, 0.1) is 5.70 Å². The van der Waals surface area contributed by atoms with Crippen LogP contribution in [0.4, 0.5) is 0 Å². The number of hydrogen-bond donors (Lipinski definition) is 0. The van der Waals surface area contributed by atoms with Gasteiger partial charge in [0.1, 0.15) is 0 Å². The lowest BCUT2D eigenvalue weighted by Crippen LogP contribution is -2.27. The van der Waals surface area contributed by atoms with Gasteiger partial charge >= 0.3 is 0 Å². The molecule has 1 fully saturated rings. The Morgan fingerprint density at radius 1 is 1.14 bits per heavy atom. The number of hydrogen-bond acceptors (Lipinski definition) is 0. The van der Waals surface area contributed by atoms with Gasteiger partial charge in [0.25, 0.3) is 0 Å². The molecule has 0 saturated heterocycles. The highest BCUT2D eigenvalue weighted by atomic mass is 14.9. The molecule has 14 heavy (non-hydrogen) atoms. The average molecular weight is 184 g/mol. The van der Waals surface area contributed by atoms with E-state index in [4.69, 9.17) is 5.32 Å². The standard InChI is InChI=1S/C13H14N/c1-9-11-7-2-3-8-12(11)13(14-9)10-5-4-6-10/h2-3,7-8,10H,4-6H2,1H3. The van der Waals surface area contributed by atoms with Crippen molar-refractivity contribution in [3.63, 3.8) is 0 Å². The molecular formula is C13H14N. The molecule has 0 unspecified atom stereocenters. The van der Waals surface area contributed by atoms with Crippen LogP contribution in [-0.4, -0.2) is 0 Å². The van der Waals surface area contributed by atoms with E-state index in [2.05, 4.69) is 31.2 Å². The van der Waals surface area contributed by atoms with Crippen molar-refractivity contribution in [2.75, 3.05) is 0 Å². The Morgan fingerprint density at radius 2 is 1.86 bits per heavy atom. The van der Waals surface area contributed by atoms with Crippen LogP contribution in [0.15, 0.2) is 24.3 Å². The van der Waals surface area contributed by atoms with Gasteiger partial charge in [0, 0.05) is 22.1 Å². The summed E-state index contributed by atoms with van der Waals surface area (Å²) < 4.78 is 0. The van der Waals surface area contributed by atoms with Crippen molar-refractivity contribution in [2.45, 2.75) is 26.2 Å². The molecule has 0 spiro atoms. The fourth-order valence-corrected chi connectivity index (χ4v) is 2.32. The highest BCUT2D eigenvalue weighted by Crippen LogP contribution is 2.33. The largest absolute Gasteiger partial charge is 0.257 e. The zero-order valence-corrected chi connectivity index (χ0v) is 8.46. The van der Waals surface area contributed by atoms with Crippen LogP contribution in [0, 0.1) is 5.92 Å². The molecule has 0 aromatic heterocycles. The SMILES string of the molecule is CC1=c2ccccc2=C(C2CCC2)[N]1. The third-order valence-corrected chi connectivity index (χ3v) is 3.37. The summed E-state index contributed by atoms with van der Waals surface area (Å²) in [4.78, 5) is 0. The quantitative estimate of drug-likeness (QED) is 0.625. The van der Waals surface area contributed by atoms with Crippen molar-refractivity contribution in [1.29, 1.82) is 0 Å². The molecular weight excluding hydrogens is 170 g/mol. The van der Waals surface area contributed by atoms with E-state index in [1.807, 2.05) is 0 Å². The Kier molecular flexibility index (Phi) is 1.66. The van der Waals surface area contributed by atoms with Gasteiger partial charge in [0.2, 0.25) is 0 Å². The second-order valence-corrected chi connectivity index (χ2v) is 4.26. The smallest absolute Gasteiger partial charge is 0.0516 e. The first-order chi connectivity index (χ1) is 6.86. The molecule has 1 aliphatic heterocycles. The monoisotopic (exact) mass is 184 g/mol. The van der Waals surface area contributed by atoms with E-state index >= 15 is 0 Å². The molecule has 0 atom stereocenters. The normalized spacial score (nSPS) is 20.4. The Balaban J connectivity index is 2.24. The summed E-state index contributed by atoms with van der Waals surface area (Å²) in [5.74, 6) is 0.744. The summed E-state index contributed by atoms with van der Waals surface area (Å²) in [6.45, 7) is 2.12. The van der Waals surface area contributed by atoms with Crippen LogP contribution >= 0.6 is 0 Å². The maximum atomic E-state index is 4.71. The van der Waals surface area contributed by atoms with E-state index < -0.39 is 0 Å². The lowest BCUT2D eigenvalue weighted by atomic mass is 9.82. The van der Waals surface area contributed by atoms with Gasteiger partial charge in [-0.2, -0.15) is 0 Å². The Bertz CT molecular complexity index is 480. The van der Waals surface area contributed by atoms with Gasteiger partial charge in [-0.3, -0.25) is 5.32 Å². The number of rotatable bonds is 1. The molecule has 1 aromatic carbocycles. The Hall–Kier alpha value is -1.24. The Morgan fingerprint density at radius 3 is 2.50 bits per heavy atom. The molecule has 0 bridgehead atoms. The maximum absolute atomic E-state index is 4.71. The zero-order chi connectivity index (χ0) is 9.54. The third-order valence-electron chi connectivity index (χ3n) is 3.37. The van der Waals surface area contributed by atoms with Crippen LogP contribution in [0.2, 0.25) is 0 Å². The van der Waals surface area contributed by atoms with Gasteiger partial charge in [-0.1, -0.05) is 30.7 Å². The minimum atomic E-state index is 0.744. The van der Waals surface area contributed by atoms with Crippen molar-refractivity contribution >= 4 is 11.4 Å². The summed E-state index contributed by atoms with van der Waals surface area (Å²) >= 11 is 0. The van der Waals surface area contributed by atoms with Gasteiger partial charge in [-0.05, 0) is 19.8 Å². The topological polar surface area (TPSA) is 14.1 Å². The minimum Gasteiger partial charge on any atom is -0.257 e. The summed E-state index contributed by atoms with van der Waals surface area (Å²) in [7, 11) is 0. The predicted octanol–water partition coefficient (Wildman–Crippen LogP) is 1.34. The number of benzene rings is 1. The van der Waals surface area contributed by atoms with E-state index in [1.165, 1.54) is 41.1 Å². The molecule has 1 aliphatic carbocycles. The van der Waals surface area contributed by atoms with Crippen LogP contribution in [0.25, 0.3) is 11.4 Å². The Labute approximate surface area is 84.1 Å². The van der Waals surface area contributed by atoms with Gasteiger partial charge < -0.3 is 0 Å². The lowest BCUT2D eigenvalue weighted by Gasteiger charge is -2.26.